The van der Waals surface area contributed by atoms with Crippen LogP contribution in [0.15, 0.2) is 12.3 Å². The number of pyridine rings is 1. The van der Waals surface area contributed by atoms with E-state index in [0.29, 0.717) is 5.56 Å². The van der Waals surface area contributed by atoms with Crippen molar-refractivity contribution in [1.82, 2.24) is 4.98 Å². The van der Waals surface area contributed by atoms with Gasteiger partial charge >= 0.3 is 5.97 Å². The Morgan fingerprint density at radius 2 is 1.65 bits per heavy atom. The zero-order valence-electron chi connectivity index (χ0n) is 11.5. The lowest BCUT2D eigenvalue weighted by Crippen LogP contribution is -2.26. The molecule has 17 heavy (non-hydrogen) atoms. The van der Waals surface area contributed by atoms with Crippen LogP contribution in [0.5, 0.6) is 0 Å². The summed E-state index contributed by atoms with van der Waals surface area (Å²) >= 11 is 0. The average molecular weight is 235 g/mol. The first-order chi connectivity index (χ1) is 7.55. The Morgan fingerprint density at radius 1 is 1.12 bits per heavy atom. The lowest BCUT2D eigenvalue weighted by molar-refractivity contribution is 0.0693. The minimum absolute atomic E-state index is 0.159. The van der Waals surface area contributed by atoms with Crippen LogP contribution in [0.4, 0.5) is 0 Å². The molecule has 1 heterocycles. The zero-order valence-corrected chi connectivity index (χ0v) is 11.5. The van der Waals surface area contributed by atoms with Gasteiger partial charge in [-0.05, 0) is 17.0 Å². The van der Waals surface area contributed by atoms with Crippen molar-refractivity contribution in [3.63, 3.8) is 0 Å². The number of rotatable bonds is 1. The number of aromatic carboxylic acids is 1. The lowest BCUT2D eigenvalue weighted by atomic mass is 9.76. The highest BCUT2D eigenvalue weighted by Crippen LogP contribution is 2.34. The third-order valence-corrected chi connectivity index (χ3v) is 2.64. The number of carboxylic acids is 1. The van der Waals surface area contributed by atoms with E-state index in [1.807, 2.05) is 20.8 Å². The van der Waals surface area contributed by atoms with Gasteiger partial charge in [-0.1, -0.05) is 41.5 Å². The molecule has 0 radical (unpaired) electrons. The third-order valence-electron chi connectivity index (χ3n) is 2.64. The molecule has 0 saturated heterocycles. The Labute approximate surface area is 103 Å². The molecule has 94 valence electrons. The lowest BCUT2D eigenvalue weighted by Gasteiger charge is -2.30. The standard InChI is InChI=1S/C14H21NO2/c1-13(2,3)10-9(12(16)17)7-8-15-11(10)14(4,5)6/h7-8H,1-6H3,(H,16,17). The molecule has 3 nitrogen and oxygen atoms in total. The van der Waals surface area contributed by atoms with E-state index >= 15 is 0 Å². The monoisotopic (exact) mass is 235 g/mol. The van der Waals surface area contributed by atoms with E-state index in [0.717, 1.165) is 11.3 Å². The van der Waals surface area contributed by atoms with Crippen LogP contribution in [0.25, 0.3) is 0 Å². The molecule has 0 amide bonds. The summed E-state index contributed by atoms with van der Waals surface area (Å²) in [5.41, 5.74) is 1.67. The minimum Gasteiger partial charge on any atom is -0.478 e. The van der Waals surface area contributed by atoms with Crippen molar-refractivity contribution >= 4 is 5.97 Å². The SMILES string of the molecule is CC(C)(C)c1nccc(C(=O)O)c1C(C)(C)C. The first kappa shape index (κ1) is 13.7. The van der Waals surface area contributed by atoms with Gasteiger partial charge in [-0.15, -0.1) is 0 Å². The molecule has 0 fully saturated rings. The predicted octanol–water partition coefficient (Wildman–Crippen LogP) is 3.37. The Kier molecular flexibility index (Phi) is 3.33. The molecular formula is C14H21NO2. The van der Waals surface area contributed by atoms with Gasteiger partial charge in [0.15, 0.2) is 0 Å². The van der Waals surface area contributed by atoms with Crippen LogP contribution in [0.2, 0.25) is 0 Å². The topological polar surface area (TPSA) is 50.2 Å². The van der Waals surface area contributed by atoms with E-state index in [4.69, 9.17) is 0 Å². The van der Waals surface area contributed by atoms with Gasteiger partial charge in [-0.3, -0.25) is 4.98 Å². The average Bonchev–Trinajstić information content (AvgIpc) is 2.13. The number of hydrogen-bond acceptors (Lipinski definition) is 2. The maximum absolute atomic E-state index is 11.3. The highest BCUT2D eigenvalue weighted by molar-refractivity contribution is 5.90. The second-order valence-corrected chi connectivity index (χ2v) is 6.39. The van der Waals surface area contributed by atoms with Crippen molar-refractivity contribution in [1.29, 1.82) is 0 Å². The fraction of sp³-hybridized carbons (Fsp3) is 0.571. The van der Waals surface area contributed by atoms with Crippen LogP contribution in [-0.4, -0.2) is 16.1 Å². The van der Waals surface area contributed by atoms with E-state index in [2.05, 4.69) is 25.8 Å². The molecule has 1 aromatic rings. The van der Waals surface area contributed by atoms with Crippen molar-refractivity contribution in [2.75, 3.05) is 0 Å². The molecule has 3 heteroatoms. The summed E-state index contributed by atoms with van der Waals surface area (Å²) in [7, 11) is 0. The summed E-state index contributed by atoms with van der Waals surface area (Å²) in [6.45, 7) is 12.2. The highest BCUT2D eigenvalue weighted by Gasteiger charge is 2.30. The molecule has 0 aliphatic carbocycles. The Bertz CT molecular complexity index is 437. The normalized spacial score (nSPS) is 12.6. The molecule has 0 saturated carbocycles. The maximum atomic E-state index is 11.3. The highest BCUT2D eigenvalue weighted by atomic mass is 16.4. The van der Waals surface area contributed by atoms with E-state index in [1.165, 1.54) is 0 Å². The molecule has 0 atom stereocenters. The van der Waals surface area contributed by atoms with Crippen LogP contribution >= 0.6 is 0 Å². The van der Waals surface area contributed by atoms with Crippen molar-refractivity contribution in [3.8, 4) is 0 Å². The van der Waals surface area contributed by atoms with Crippen molar-refractivity contribution in [3.05, 3.63) is 29.1 Å². The summed E-state index contributed by atoms with van der Waals surface area (Å²) in [6, 6.07) is 1.58. The number of hydrogen-bond donors (Lipinski definition) is 1. The van der Waals surface area contributed by atoms with Gasteiger partial charge < -0.3 is 5.11 Å². The van der Waals surface area contributed by atoms with E-state index in [9.17, 15) is 9.90 Å². The summed E-state index contributed by atoms with van der Waals surface area (Å²) in [4.78, 5) is 15.7. The summed E-state index contributed by atoms with van der Waals surface area (Å²) in [6.07, 6.45) is 1.58. The second-order valence-electron chi connectivity index (χ2n) is 6.39. The quantitative estimate of drug-likeness (QED) is 0.811. The second kappa shape index (κ2) is 4.13. The number of nitrogens with zero attached hydrogens (tertiary/aromatic N) is 1. The molecule has 0 aromatic carbocycles. The smallest absolute Gasteiger partial charge is 0.336 e. The van der Waals surface area contributed by atoms with E-state index < -0.39 is 5.97 Å². The van der Waals surface area contributed by atoms with Gasteiger partial charge in [0, 0.05) is 11.6 Å². The third kappa shape index (κ3) is 2.84. The first-order valence-electron chi connectivity index (χ1n) is 5.78. The molecule has 1 aromatic heterocycles. The summed E-state index contributed by atoms with van der Waals surface area (Å²) in [5, 5.41) is 9.29. The Balaban J connectivity index is 3.64. The number of carboxylic acid groups (broad SMARTS) is 1. The Hall–Kier alpha value is -1.38. The van der Waals surface area contributed by atoms with Gasteiger partial charge in [0.25, 0.3) is 0 Å². The largest absolute Gasteiger partial charge is 0.478 e. The van der Waals surface area contributed by atoms with Crippen LogP contribution < -0.4 is 0 Å². The number of aromatic nitrogens is 1. The first-order valence-corrected chi connectivity index (χ1v) is 5.78. The molecule has 0 aliphatic rings. The molecule has 0 bridgehead atoms. The fourth-order valence-corrected chi connectivity index (χ4v) is 1.97. The van der Waals surface area contributed by atoms with Crippen LogP contribution in [0.3, 0.4) is 0 Å². The van der Waals surface area contributed by atoms with Gasteiger partial charge in [-0.25, -0.2) is 4.79 Å². The van der Waals surface area contributed by atoms with Crippen LogP contribution in [-0.2, 0) is 10.8 Å². The van der Waals surface area contributed by atoms with E-state index in [1.54, 1.807) is 12.3 Å². The molecule has 1 N–H and O–H groups in total. The maximum Gasteiger partial charge on any atom is 0.336 e. The van der Waals surface area contributed by atoms with Crippen LogP contribution in [0, 0.1) is 0 Å². The van der Waals surface area contributed by atoms with Crippen molar-refractivity contribution < 1.29 is 9.90 Å². The summed E-state index contributed by atoms with van der Waals surface area (Å²) in [5.74, 6) is -0.886. The number of carbonyl (C=O) groups is 1. The Morgan fingerprint density at radius 3 is 2.00 bits per heavy atom. The van der Waals surface area contributed by atoms with Crippen molar-refractivity contribution in [2.45, 2.75) is 52.4 Å². The van der Waals surface area contributed by atoms with Gasteiger partial charge in [0.2, 0.25) is 0 Å². The molecule has 0 spiro atoms. The fourth-order valence-electron chi connectivity index (χ4n) is 1.97. The molecule has 0 unspecified atom stereocenters. The molecule has 0 aliphatic heterocycles. The predicted molar refractivity (Wildman–Crippen MR) is 68.6 cm³/mol. The molecular weight excluding hydrogens is 214 g/mol. The molecule has 1 rings (SSSR count). The minimum atomic E-state index is -0.886. The van der Waals surface area contributed by atoms with Gasteiger partial charge in [0.1, 0.15) is 0 Å². The zero-order chi connectivity index (χ0) is 13.4. The van der Waals surface area contributed by atoms with E-state index in [-0.39, 0.29) is 10.8 Å². The summed E-state index contributed by atoms with van der Waals surface area (Å²) < 4.78 is 0. The van der Waals surface area contributed by atoms with Crippen molar-refractivity contribution in [2.24, 2.45) is 0 Å². The van der Waals surface area contributed by atoms with Gasteiger partial charge in [-0.2, -0.15) is 0 Å². The van der Waals surface area contributed by atoms with Gasteiger partial charge in [0.05, 0.1) is 11.3 Å². The van der Waals surface area contributed by atoms with Crippen LogP contribution in [0.1, 0.15) is 63.2 Å².